The van der Waals surface area contributed by atoms with Crippen LogP contribution in [0.2, 0.25) is 0 Å². The first kappa shape index (κ1) is 11.8. The molecule has 90 valence electrons. The van der Waals surface area contributed by atoms with Crippen LogP contribution in [0, 0.1) is 0 Å². The second-order valence-electron chi connectivity index (χ2n) is 3.14. The maximum Gasteiger partial charge on any atom is 0.446 e. The molecule has 0 saturated carbocycles. The van der Waals surface area contributed by atoms with E-state index in [2.05, 4.69) is 4.98 Å². The van der Waals surface area contributed by atoms with Gasteiger partial charge in [-0.1, -0.05) is 12.1 Å². The van der Waals surface area contributed by atoms with Crippen LogP contribution < -0.4 is 5.73 Å². The van der Waals surface area contributed by atoms with E-state index in [0.29, 0.717) is 11.3 Å². The van der Waals surface area contributed by atoms with E-state index < -0.39 is 5.51 Å². The highest BCUT2D eigenvalue weighted by Crippen LogP contribution is 2.38. The van der Waals surface area contributed by atoms with Gasteiger partial charge in [-0.25, -0.2) is 4.98 Å². The molecule has 0 amide bonds. The number of rotatable bonds is 2. The van der Waals surface area contributed by atoms with Crippen LogP contribution in [0.25, 0.3) is 11.3 Å². The molecule has 17 heavy (non-hydrogen) atoms. The Balaban J connectivity index is 2.29. The minimum absolute atomic E-state index is 0.0196. The summed E-state index contributed by atoms with van der Waals surface area (Å²) in [5.74, 6) is 0.340. The van der Waals surface area contributed by atoms with E-state index in [9.17, 15) is 13.2 Å². The summed E-state index contributed by atoms with van der Waals surface area (Å²) in [6.45, 7) is 0. The predicted octanol–water partition coefficient (Wildman–Crippen LogP) is 3.54. The molecule has 3 nitrogen and oxygen atoms in total. The van der Waals surface area contributed by atoms with Gasteiger partial charge in [-0.05, 0) is 23.9 Å². The van der Waals surface area contributed by atoms with Crippen LogP contribution in [-0.4, -0.2) is 10.5 Å². The normalized spacial score (nSPS) is 11.7. The topological polar surface area (TPSA) is 52.0 Å². The number of thioether (sulfide) groups is 1. The number of nitrogens with zero attached hydrogens (tertiary/aromatic N) is 1. The summed E-state index contributed by atoms with van der Waals surface area (Å²) < 4.78 is 41.6. The highest BCUT2D eigenvalue weighted by Gasteiger charge is 2.29. The fourth-order valence-electron chi connectivity index (χ4n) is 1.27. The summed E-state index contributed by atoms with van der Waals surface area (Å²) in [5, 5.41) is 0. The molecule has 0 radical (unpaired) electrons. The van der Waals surface area contributed by atoms with E-state index in [1.165, 1.54) is 24.4 Å². The molecular weight excluding hydrogens is 253 g/mol. The number of halogens is 3. The molecule has 2 aromatic rings. The third-order valence-corrected chi connectivity index (χ3v) is 2.60. The van der Waals surface area contributed by atoms with Crippen LogP contribution in [0.4, 0.5) is 19.2 Å². The molecular formula is C10H7F3N2OS. The van der Waals surface area contributed by atoms with Crippen LogP contribution in [0.1, 0.15) is 0 Å². The summed E-state index contributed by atoms with van der Waals surface area (Å²) >= 11 is -0.177. The van der Waals surface area contributed by atoms with Gasteiger partial charge in [0.2, 0.25) is 0 Å². The summed E-state index contributed by atoms with van der Waals surface area (Å²) in [6.07, 6.45) is 1.37. The molecule has 0 fully saturated rings. The minimum Gasteiger partial charge on any atom is -0.424 e. The van der Waals surface area contributed by atoms with Gasteiger partial charge in [0.1, 0.15) is 0 Å². The highest BCUT2D eigenvalue weighted by molar-refractivity contribution is 8.00. The zero-order valence-electron chi connectivity index (χ0n) is 8.36. The van der Waals surface area contributed by atoms with Crippen LogP contribution >= 0.6 is 11.8 Å². The molecule has 0 saturated heterocycles. The van der Waals surface area contributed by atoms with E-state index in [0.717, 1.165) is 0 Å². The zero-order valence-corrected chi connectivity index (χ0v) is 9.18. The smallest absolute Gasteiger partial charge is 0.424 e. The van der Waals surface area contributed by atoms with Crippen molar-refractivity contribution < 1.29 is 17.6 Å². The van der Waals surface area contributed by atoms with Gasteiger partial charge >= 0.3 is 5.51 Å². The molecule has 1 aromatic heterocycles. The first-order valence-electron chi connectivity index (χ1n) is 4.51. The standard InChI is InChI=1S/C10H7F3N2OS/c11-10(12,13)17-7-3-1-2-6(4-7)8-5-15-9(14)16-8/h1-5H,(H2,14,15). The molecule has 1 aromatic carbocycles. The number of anilines is 1. The average Bonchev–Trinajstić information content (AvgIpc) is 2.63. The van der Waals surface area contributed by atoms with Crippen molar-refractivity contribution in [2.75, 3.05) is 5.73 Å². The average molecular weight is 260 g/mol. The number of alkyl halides is 3. The van der Waals surface area contributed by atoms with Crippen molar-refractivity contribution in [1.82, 2.24) is 4.98 Å². The van der Waals surface area contributed by atoms with Crippen molar-refractivity contribution in [3.8, 4) is 11.3 Å². The number of hydrogen-bond acceptors (Lipinski definition) is 4. The third-order valence-electron chi connectivity index (χ3n) is 1.88. The molecule has 0 atom stereocenters. The van der Waals surface area contributed by atoms with Gasteiger partial charge in [-0.3, -0.25) is 0 Å². The van der Waals surface area contributed by atoms with Crippen LogP contribution in [0.3, 0.4) is 0 Å². The van der Waals surface area contributed by atoms with Crippen molar-refractivity contribution in [2.45, 2.75) is 10.4 Å². The van der Waals surface area contributed by atoms with Gasteiger partial charge in [0, 0.05) is 10.5 Å². The maximum absolute atomic E-state index is 12.2. The molecule has 0 aliphatic carbocycles. The Morgan fingerprint density at radius 1 is 1.29 bits per heavy atom. The highest BCUT2D eigenvalue weighted by atomic mass is 32.2. The fourth-order valence-corrected chi connectivity index (χ4v) is 1.87. The second-order valence-corrected chi connectivity index (χ2v) is 4.28. The van der Waals surface area contributed by atoms with Crippen molar-refractivity contribution in [3.63, 3.8) is 0 Å². The molecule has 0 spiro atoms. The Labute approximate surface area is 98.8 Å². The largest absolute Gasteiger partial charge is 0.446 e. The Kier molecular flexibility index (Phi) is 3.01. The Morgan fingerprint density at radius 3 is 2.65 bits per heavy atom. The van der Waals surface area contributed by atoms with Crippen LogP contribution in [-0.2, 0) is 0 Å². The molecule has 0 bridgehead atoms. The number of hydrogen-bond donors (Lipinski definition) is 1. The minimum atomic E-state index is -4.31. The Bertz CT molecular complexity index is 524. The van der Waals surface area contributed by atoms with Gasteiger partial charge in [-0.15, -0.1) is 0 Å². The maximum atomic E-state index is 12.2. The quantitative estimate of drug-likeness (QED) is 0.839. The monoisotopic (exact) mass is 260 g/mol. The Hall–Kier alpha value is -1.63. The molecule has 2 rings (SSSR count). The van der Waals surface area contributed by atoms with Crippen LogP contribution in [0.15, 0.2) is 39.8 Å². The molecule has 0 unspecified atom stereocenters. The van der Waals surface area contributed by atoms with Gasteiger partial charge in [0.15, 0.2) is 5.76 Å². The lowest BCUT2D eigenvalue weighted by Crippen LogP contribution is -1.98. The number of oxazole rings is 1. The Morgan fingerprint density at radius 2 is 2.06 bits per heavy atom. The zero-order chi connectivity index (χ0) is 12.5. The molecule has 7 heteroatoms. The van der Waals surface area contributed by atoms with Crippen LogP contribution in [0.5, 0.6) is 0 Å². The van der Waals surface area contributed by atoms with E-state index in [-0.39, 0.29) is 22.7 Å². The number of benzene rings is 1. The number of nitrogen functional groups attached to an aromatic ring is 1. The summed E-state index contributed by atoms with van der Waals surface area (Å²) in [4.78, 5) is 3.77. The lowest BCUT2D eigenvalue weighted by atomic mass is 10.2. The van der Waals surface area contributed by atoms with E-state index in [4.69, 9.17) is 10.2 Å². The third kappa shape index (κ3) is 3.16. The van der Waals surface area contributed by atoms with Gasteiger partial charge in [0.05, 0.1) is 6.20 Å². The van der Waals surface area contributed by atoms with Gasteiger partial charge < -0.3 is 10.2 Å². The SMILES string of the molecule is Nc1ncc(-c2cccc(SC(F)(F)F)c2)o1. The summed E-state index contributed by atoms with van der Waals surface area (Å²) in [6, 6.07) is 5.87. The number of aromatic nitrogens is 1. The summed E-state index contributed by atoms with van der Waals surface area (Å²) in [7, 11) is 0. The van der Waals surface area contributed by atoms with Crippen molar-refractivity contribution in [3.05, 3.63) is 30.5 Å². The number of nitrogens with two attached hydrogens (primary N) is 1. The molecule has 1 heterocycles. The van der Waals surface area contributed by atoms with E-state index in [1.807, 2.05) is 0 Å². The summed E-state index contributed by atoms with van der Waals surface area (Å²) in [5.41, 5.74) is 1.49. The van der Waals surface area contributed by atoms with Gasteiger partial charge in [0.25, 0.3) is 6.01 Å². The van der Waals surface area contributed by atoms with Crippen molar-refractivity contribution >= 4 is 17.8 Å². The predicted molar refractivity (Wildman–Crippen MR) is 58.3 cm³/mol. The second kappa shape index (κ2) is 4.33. The lowest BCUT2D eigenvalue weighted by Gasteiger charge is -2.06. The molecule has 0 aliphatic heterocycles. The fraction of sp³-hybridized carbons (Fsp3) is 0.100. The molecule has 2 N–H and O–H groups in total. The van der Waals surface area contributed by atoms with Gasteiger partial charge in [-0.2, -0.15) is 13.2 Å². The van der Waals surface area contributed by atoms with Crippen molar-refractivity contribution in [1.29, 1.82) is 0 Å². The lowest BCUT2D eigenvalue weighted by molar-refractivity contribution is -0.0328. The van der Waals surface area contributed by atoms with E-state index >= 15 is 0 Å². The van der Waals surface area contributed by atoms with Crippen molar-refractivity contribution in [2.24, 2.45) is 0 Å². The van der Waals surface area contributed by atoms with E-state index in [1.54, 1.807) is 6.07 Å². The molecule has 0 aliphatic rings. The first-order valence-corrected chi connectivity index (χ1v) is 5.33. The first-order chi connectivity index (χ1) is 7.94.